The van der Waals surface area contributed by atoms with Crippen LogP contribution in [0.5, 0.6) is 0 Å². The van der Waals surface area contributed by atoms with Crippen molar-refractivity contribution in [2.45, 2.75) is 71.2 Å². The fourth-order valence-corrected chi connectivity index (χ4v) is 2.74. The Labute approximate surface area is 159 Å². The van der Waals surface area contributed by atoms with Crippen LogP contribution in [0.4, 0.5) is 0 Å². The van der Waals surface area contributed by atoms with Crippen LogP contribution in [0.3, 0.4) is 0 Å². The molecule has 4 heteroatoms. The Bertz CT molecular complexity index is 577. The Balaban J connectivity index is 1.84. The van der Waals surface area contributed by atoms with Gasteiger partial charge in [0.15, 0.2) is 0 Å². The SMILES string of the molecule is CCCCC(/C=C/c1ccccc1)OC/C=C/B1OC(C)(C)C(C)(C)O1. The lowest BCUT2D eigenvalue weighted by Gasteiger charge is -2.32. The monoisotopic (exact) mass is 356 g/mol. The van der Waals surface area contributed by atoms with Crippen molar-refractivity contribution in [2.75, 3.05) is 6.61 Å². The summed E-state index contributed by atoms with van der Waals surface area (Å²) in [5, 5.41) is 0. The normalized spacial score (nSPS) is 20.3. The summed E-state index contributed by atoms with van der Waals surface area (Å²) >= 11 is 0. The average Bonchev–Trinajstić information content (AvgIpc) is 2.81. The Morgan fingerprint density at radius 2 is 1.73 bits per heavy atom. The second-order valence-electron chi connectivity index (χ2n) is 7.84. The van der Waals surface area contributed by atoms with E-state index in [9.17, 15) is 0 Å². The maximum atomic E-state index is 6.04. The molecule has 0 N–H and O–H groups in total. The van der Waals surface area contributed by atoms with Gasteiger partial charge in [-0.15, -0.1) is 0 Å². The van der Waals surface area contributed by atoms with E-state index in [0.717, 1.165) is 12.8 Å². The van der Waals surface area contributed by atoms with E-state index in [0.29, 0.717) is 6.61 Å². The molecule has 1 aromatic carbocycles. The molecular formula is C22H33BO3. The van der Waals surface area contributed by atoms with E-state index in [2.05, 4.69) is 71.0 Å². The third-order valence-electron chi connectivity index (χ3n) is 5.12. The van der Waals surface area contributed by atoms with Crippen molar-refractivity contribution in [3.05, 3.63) is 54.0 Å². The number of benzene rings is 1. The molecule has 3 nitrogen and oxygen atoms in total. The van der Waals surface area contributed by atoms with Crippen molar-refractivity contribution in [1.29, 1.82) is 0 Å². The third kappa shape index (κ3) is 6.12. The van der Waals surface area contributed by atoms with Crippen molar-refractivity contribution < 1.29 is 14.0 Å². The lowest BCUT2D eigenvalue weighted by atomic mass is 9.90. The largest absolute Gasteiger partial charge is 0.486 e. The van der Waals surface area contributed by atoms with E-state index < -0.39 is 0 Å². The molecule has 0 spiro atoms. The van der Waals surface area contributed by atoms with Crippen molar-refractivity contribution >= 4 is 13.2 Å². The number of rotatable bonds is 9. The fraction of sp³-hybridized carbons (Fsp3) is 0.545. The molecule has 1 aliphatic rings. The van der Waals surface area contributed by atoms with Crippen LogP contribution in [0.2, 0.25) is 0 Å². The molecule has 0 bridgehead atoms. The van der Waals surface area contributed by atoms with Gasteiger partial charge in [0.2, 0.25) is 0 Å². The third-order valence-corrected chi connectivity index (χ3v) is 5.12. The minimum absolute atomic E-state index is 0.123. The van der Waals surface area contributed by atoms with Crippen LogP contribution < -0.4 is 0 Å². The van der Waals surface area contributed by atoms with Crippen LogP contribution >= 0.6 is 0 Å². The van der Waals surface area contributed by atoms with Gasteiger partial charge in [-0.3, -0.25) is 0 Å². The number of ether oxygens (including phenoxy) is 1. The lowest BCUT2D eigenvalue weighted by Crippen LogP contribution is -2.41. The first-order chi connectivity index (χ1) is 12.3. The molecule has 1 heterocycles. The summed E-state index contributed by atoms with van der Waals surface area (Å²) in [6, 6.07) is 10.3. The predicted octanol–water partition coefficient (Wildman–Crippen LogP) is 5.46. The second kappa shape index (κ2) is 9.54. The maximum Gasteiger partial charge on any atom is 0.486 e. The molecule has 1 aliphatic heterocycles. The molecule has 1 aromatic rings. The highest BCUT2D eigenvalue weighted by Crippen LogP contribution is 2.36. The Hall–Kier alpha value is -1.36. The Morgan fingerprint density at radius 1 is 1.08 bits per heavy atom. The molecule has 1 atom stereocenters. The highest BCUT2D eigenvalue weighted by Gasteiger charge is 2.49. The molecular weight excluding hydrogens is 323 g/mol. The van der Waals surface area contributed by atoms with Crippen molar-refractivity contribution in [3.8, 4) is 0 Å². The molecule has 1 unspecified atom stereocenters. The highest BCUT2D eigenvalue weighted by atomic mass is 16.7. The van der Waals surface area contributed by atoms with Crippen molar-refractivity contribution in [2.24, 2.45) is 0 Å². The zero-order valence-electron chi connectivity index (χ0n) is 16.9. The number of unbranched alkanes of at least 4 members (excludes halogenated alkanes) is 1. The highest BCUT2D eigenvalue weighted by molar-refractivity contribution is 6.51. The van der Waals surface area contributed by atoms with Crippen LogP contribution in [0, 0.1) is 0 Å². The van der Waals surface area contributed by atoms with Gasteiger partial charge < -0.3 is 14.0 Å². The van der Waals surface area contributed by atoms with Gasteiger partial charge in [0.25, 0.3) is 0 Å². The van der Waals surface area contributed by atoms with Gasteiger partial charge in [0, 0.05) is 0 Å². The molecule has 1 saturated heterocycles. The van der Waals surface area contributed by atoms with Crippen LogP contribution in [0.15, 0.2) is 48.5 Å². The van der Waals surface area contributed by atoms with Gasteiger partial charge in [0.1, 0.15) is 0 Å². The van der Waals surface area contributed by atoms with E-state index in [1.165, 1.54) is 12.0 Å². The van der Waals surface area contributed by atoms with Gasteiger partial charge in [-0.1, -0.05) is 74.3 Å². The second-order valence-corrected chi connectivity index (χ2v) is 7.84. The quantitative estimate of drug-likeness (QED) is 0.550. The summed E-state index contributed by atoms with van der Waals surface area (Å²) in [5.74, 6) is 1.95. The van der Waals surface area contributed by atoms with E-state index in [1.807, 2.05) is 18.1 Å². The minimum Gasteiger partial charge on any atom is -0.400 e. The van der Waals surface area contributed by atoms with Gasteiger partial charge >= 0.3 is 7.12 Å². The van der Waals surface area contributed by atoms with Gasteiger partial charge in [0.05, 0.1) is 23.9 Å². The first-order valence-corrected chi connectivity index (χ1v) is 9.71. The van der Waals surface area contributed by atoms with Crippen molar-refractivity contribution in [1.82, 2.24) is 0 Å². The smallest absolute Gasteiger partial charge is 0.400 e. The standard InChI is InChI=1S/C22H33BO3/c1-6-7-14-20(16-15-19-12-9-8-10-13-19)24-18-11-17-23-25-21(2,3)22(4,5)26-23/h8-13,15-17,20H,6-7,14,18H2,1-5H3/b16-15+,17-11+. The fourth-order valence-electron chi connectivity index (χ4n) is 2.74. The minimum atomic E-state index is -0.308. The first kappa shape index (κ1) is 21.0. The summed E-state index contributed by atoms with van der Waals surface area (Å²) in [5.41, 5.74) is 0.598. The first-order valence-electron chi connectivity index (χ1n) is 9.71. The molecule has 0 amide bonds. The average molecular weight is 356 g/mol. The summed E-state index contributed by atoms with van der Waals surface area (Å²) in [7, 11) is -0.308. The Morgan fingerprint density at radius 3 is 2.35 bits per heavy atom. The molecule has 2 rings (SSSR count). The van der Waals surface area contributed by atoms with Gasteiger partial charge in [-0.2, -0.15) is 0 Å². The van der Waals surface area contributed by atoms with Crippen LogP contribution in [-0.2, 0) is 14.0 Å². The molecule has 0 radical (unpaired) electrons. The summed E-state index contributed by atoms with van der Waals surface area (Å²) in [4.78, 5) is 0. The van der Waals surface area contributed by atoms with E-state index in [-0.39, 0.29) is 24.4 Å². The lowest BCUT2D eigenvalue weighted by molar-refractivity contribution is 0.00578. The topological polar surface area (TPSA) is 27.7 Å². The molecule has 26 heavy (non-hydrogen) atoms. The molecule has 1 fully saturated rings. The van der Waals surface area contributed by atoms with Gasteiger partial charge in [-0.05, 0) is 39.7 Å². The molecule has 0 aliphatic carbocycles. The van der Waals surface area contributed by atoms with Crippen LogP contribution in [0.1, 0.15) is 59.4 Å². The van der Waals surface area contributed by atoms with Crippen LogP contribution in [-0.4, -0.2) is 31.0 Å². The summed E-state index contributed by atoms with van der Waals surface area (Å²) < 4.78 is 18.0. The van der Waals surface area contributed by atoms with Crippen LogP contribution in [0.25, 0.3) is 6.08 Å². The zero-order chi connectivity index (χ0) is 19.0. The van der Waals surface area contributed by atoms with E-state index >= 15 is 0 Å². The maximum absolute atomic E-state index is 6.04. The predicted molar refractivity (Wildman–Crippen MR) is 110 cm³/mol. The van der Waals surface area contributed by atoms with E-state index in [1.54, 1.807) is 0 Å². The molecule has 0 aromatic heterocycles. The Kier molecular flexibility index (Phi) is 7.69. The molecule has 0 saturated carbocycles. The molecule has 142 valence electrons. The van der Waals surface area contributed by atoms with Gasteiger partial charge in [-0.25, -0.2) is 0 Å². The number of hydrogen-bond acceptors (Lipinski definition) is 3. The zero-order valence-corrected chi connectivity index (χ0v) is 16.9. The van der Waals surface area contributed by atoms with Crippen molar-refractivity contribution in [3.63, 3.8) is 0 Å². The van der Waals surface area contributed by atoms with E-state index in [4.69, 9.17) is 14.0 Å². The summed E-state index contributed by atoms with van der Waals surface area (Å²) in [6.45, 7) is 11.0. The summed E-state index contributed by atoms with van der Waals surface area (Å²) in [6.07, 6.45) is 9.78. The number of hydrogen-bond donors (Lipinski definition) is 0.